The van der Waals surface area contributed by atoms with E-state index < -0.39 is 5.67 Å². The molecule has 2 aromatic rings. The van der Waals surface area contributed by atoms with Gasteiger partial charge in [0.2, 0.25) is 0 Å². The number of hydrogen-bond donors (Lipinski definition) is 0. The normalized spacial score (nSPS) is 19.8. The second-order valence-corrected chi connectivity index (χ2v) is 9.68. The van der Waals surface area contributed by atoms with Crippen molar-refractivity contribution in [3.63, 3.8) is 0 Å². The molecule has 2 aromatic carbocycles. The fourth-order valence-electron chi connectivity index (χ4n) is 5.04. The average Bonchev–Trinajstić information content (AvgIpc) is 3.11. The number of fused-ring (bicyclic) bond motifs is 1. The minimum absolute atomic E-state index is 0.0117. The summed E-state index contributed by atoms with van der Waals surface area (Å²) in [6, 6.07) is 10.3. The molecular weight excluding hydrogens is 436 g/mol. The van der Waals surface area contributed by atoms with Gasteiger partial charge in [0.15, 0.2) is 17.3 Å². The molecule has 0 amide bonds. The number of nitrogens with zero attached hydrogens (tertiary/aromatic N) is 1. The number of rotatable bonds is 10. The van der Waals surface area contributed by atoms with Gasteiger partial charge in [-0.1, -0.05) is 26.0 Å². The molecule has 0 bridgehead atoms. The van der Waals surface area contributed by atoms with Gasteiger partial charge in [0.1, 0.15) is 11.5 Å². The van der Waals surface area contributed by atoms with Crippen molar-refractivity contribution in [1.29, 1.82) is 0 Å². The van der Waals surface area contributed by atoms with Gasteiger partial charge in [0.25, 0.3) is 0 Å². The highest BCUT2D eigenvalue weighted by molar-refractivity contribution is 6.03. The number of benzene rings is 2. The fourth-order valence-corrected chi connectivity index (χ4v) is 5.04. The van der Waals surface area contributed by atoms with Gasteiger partial charge >= 0.3 is 0 Å². The number of hydrogen-bond acceptors (Lipinski definition) is 4. The molecule has 1 heterocycles. The largest absolute Gasteiger partial charge is 0.490 e. The third-order valence-electron chi connectivity index (χ3n) is 6.86. The van der Waals surface area contributed by atoms with Crippen molar-refractivity contribution in [3.8, 4) is 11.5 Å². The summed E-state index contributed by atoms with van der Waals surface area (Å²) in [7, 11) is 0. The van der Waals surface area contributed by atoms with Crippen molar-refractivity contribution in [3.05, 3.63) is 58.9 Å². The van der Waals surface area contributed by atoms with Crippen molar-refractivity contribution in [1.82, 2.24) is 4.90 Å². The van der Waals surface area contributed by atoms with E-state index >= 15 is 4.39 Å². The molecule has 2 aliphatic rings. The van der Waals surface area contributed by atoms with Gasteiger partial charge < -0.3 is 9.47 Å². The molecule has 6 heteroatoms. The van der Waals surface area contributed by atoms with Crippen LogP contribution in [0.25, 0.3) is 0 Å². The number of likely N-dealkylation sites (tertiary alicyclic amines) is 1. The highest BCUT2D eigenvalue weighted by Gasteiger charge is 2.42. The topological polar surface area (TPSA) is 38.8 Å². The van der Waals surface area contributed by atoms with Crippen LogP contribution >= 0.6 is 0 Å². The molecule has 184 valence electrons. The monoisotopic (exact) mass is 471 g/mol. The molecule has 34 heavy (non-hydrogen) atoms. The Hall–Kier alpha value is -2.47. The summed E-state index contributed by atoms with van der Waals surface area (Å²) in [4.78, 5) is 15.4. The summed E-state index contributed by atoms with van der Waals surface area (Å²) < 4.78 is 41.0. The number of Topliss-reactive ketones (excluding diaryl/α,β-unsaturated/α-hetero) is 1. The van der Waals surface area contributed by atoms with Gasteiger partial charge in [-0.3, -0.25) is 9.69 Å². The molecule has 1 unspecified atom stereocenters. The van der Waals surface area contributed by atoms with Crippen molar-refractivity contribution in [2.75, 3.05) is 26.3 Å². The molecule has 4 rings (SSSR count). The smallest absolute Gasteiger partial charge is 0.166 e. The lowest BCUT2D eigenvalue weighted by molar-refractivity contribution is 0.0336. The molecule has 0 saturated carbocycles. The second kappa shape index (κ2) is 10.9. The van der Waals surface area contributed by atoms with Crippen LogP contribution in [-0.4, -0.2) is 42.7 Å². The minimum atomic E-state index is -1.36. The van der Waals surface area contributed by atoms with Crippen LogP contribution in [0.5, 0.6) is 11.5 Å². The molecule has 0 radical (unpaired) electrons. The van der Waals surface area contributed by atoms with Crippen molar-refractivity contribution in [2.24, 2.45) is 5.92 Å². The Kier molecular flexibility index (Phi) is 7.87. The maximum absolute atomic E-state index is 15.8. The van der Waals surface area contributed by atoms with Crippen LogP contribution in [0.15, 0.2) is 36.4 Å². The van der Waals surface area contributed by atoms with E-state index in [1.54, 1.807) is 12.1 Å². The Morgan fingerprint density at radius 3 is 2.35 bits per heavy atom. The number of carbonyl (C=O) groups excluding carboxylic acids is 1. The molecular formula is C28H35F2NO3. The Morgan fingerprint density at radius 1 is 1.03 bits per heavy atom. The van der Waals surface area contributed by atoms with E-state index in [0.29, 0.717) is 69.2 Å². The molecule has 0 N–H and O–H groups in total. The molecule has 1 atom stereocenters. The van der Waals surface area contributed by atoms with Crippen LogP contribution in [0.3, 0.4) is 0 Å². The van der Waals surface area contributed by atoms with Crippen LogP contribution < -0.4 is 9.47 Å². The van der Waals surface area contributed by atoms with Crippen LogP contribution in [-0.2, 0) is 13.0 Å². The number of carbonyl (C=O) groups is 1. The highest BCUT2D eigenvalue weighted by Crippen LogP contribution is 2.42. The first-order valence-electron chi connectivity index (χ1n) is 12.5. The van der Waals surface area contributed by atoms with E-state index in [0.717, 1.165) is 24.0 Å². The Bertz CT molecular complexity index is 1000. The number of ether oxygens (including phenoxy) is 2. The second-order valence-electron chi connectivity index (χ2n) is 9.68. The third kappa shape index (κ3) is 5.77. The first-order chi connectivity index (χ1) is 16.4. The van der Waals surface area contributed by atoms with E-state index in [2.05, 4.69) is 4.90 Å². The molecule has 1 fully saturated rings. The maximum atomic E-state index is 15.8. The van der Waals surface area contributed by atoms with E-state index in [-0.39, 0.29) is 23.9 Å². The van der Waals surface area contributed by atoms with Crippen molar-refractivity contribution < 1.29 is 23.0 Å². The molecule has 1 aliphatic carbocycles. The Labute approximate surface area is 201 Å². The Balaban J connectivity index is 1.39. The zero-order valence-corrected chi connectivity index (χ0v) is 20.2. The Morgan fingerprint density at radius 2 is 1.71 bits per heavy atom. The summed E-state index contributed by atoms with van der Waals surface area (Å²) in [6.07, 6.45) is 3.30. The summed E-state index contributed by atoms with van der Waals surface area (Å²) in [6.45, 7) is 7.03. The van der Waals surface area contributed by atoms with E-state index in [9.17, 15) is 9.18 Å². The van der Waals surface area contributed by atoms with E-state index in [4.69, 9.17) is 9.47 Å². The lowest BCUT2D eigenvalue weighted by Crippen LogP contribution is -2.42. The summed E-state index contributed by atoms with van der Waals surface area (Å²) in [5.41, 5.74) is 1.11. The molecule has 1 aliphatic heterocycles. The van der Waals surface area contributed by atoms with E-state index in [1.807, 2.05) is 26.0 Å². The first kappa shape index (κ1) is 24.6. The van der Waals surface area contributed by atoms with Crippen LogP contribution in [0.4, 0.5) is 8.78 Å². The predicted molar refractivity (Wildman–Crippen MR) is 129 cm³/mol. The first-order valence-corrected chi connectivity index (χ1v) is 12.5. The summed E-state index contributed by atoms with van der Waals surface area (Å²) >= 11 is 0. The molecule has 1 saturated heterocycles. The number of halogens is 2. The SMILES string of the molecule is CCCOc1cc2c(cc1OCCC)C(=O)C(CC1(F)CCN(Cc3cccc(F)c3)CC1)C2. The van der Waals surface area contributed by atoms with Crippen molar-refractivity contribution in [2.45, 2.75) is 64.6 Å². The molecule has 0 aromatic heterocycles. The number of alkyl halides is 1. The van der Waals surface area contributed by atoms with Gasteiger partial charge in [0, 0.05) is 31.1 Å². The van der Waals surface area contributed by atoms with E-state index in [1.165, 1.54) is 12.1 Å². The van der Waals surface area contributed by atoms with Gasteiger partial charge in [-0.15, -0.1) is 0 Å². The summed E-state index contributed by atoms with van der Waals surface area (Å²) in [5, 5.41) is 0. The zero-order valence-electron chi connectivity index (χ0n) is 20.2. The quantitative estimate of drug-likeness (QED) is 0.416. The summed E-state index contributed by atoms with van der Waals surface area (Å²) in [5.74, 6) is 0.680. The van der Waals surface area contributed by atoms with Crippen molar-refractivity contribution >= 4 is 5.78 Å². The lowest BCUT2D eigenvalue weighted by Gasteiger charge is -2.37. The standard InChI is InChI=1S/C28H35F2NO3/c1-3-12-33-25-16-21-15-22(27(32)24(21)17-26(25)34-13-4-2)18-28(30)8-10-31(11-9-28)19-20-6-5-7-23(29)14-20/h5-7,14,16-17,22H,3-4,8-13,15,18-19H2,1-2H3. The number of ketones is 1. The zero-order chi connectivity index (χ0) is 24.1. The number of piperidine rings is 1. The van der Waals surface area contributed by atoms with Crippen LogP contribution in [0.2, 0.25) is 0 Å². The van der Waals surface area contributed by atoms with Crippen LogP contribution in [0, 0.1) is 11.7 Å². The van der Waals surface area contributed by atoms with Gasteiger partial charge in [-0.25, -0.2) is 8.78 Å². The van der Waals surface area contributed by atoms with Gasteiger partial charge in [0.05, 0.1) is 13.2 Å². The maximum Gasteiger partial charge on any atom is 0.166 e. The molecule has 0 spiro atoms. The third-order valence-corrected chi connectivity index (χ3v) is 6.86. The fraction of sp³-hybridized carbons (Fsp3) is 0.536. The lowest BCUT2D eigenvalue weighted by atomic mass is 9.82. The predicted octanol–water partition coefficient (Wildman–Crippen LogP) is 6.15. The van der Waals surface area contributed by atoms with Crippen LogP contribution in [0.1, 0.15) is 67.4 Å². The minimum Gasteiger partial charge on any atom is -0.490 e. The average molecular weight is 472 g/mol. The molecule has 4 nitrogen and oxygen atoms in total. The highest BCUT2D eigenvalue weighted by atomic mass is 19.1. The van der Waals surface area contributed by atoms with Gasteiger partial charge in [-0.05, 0) is 73.9 Å². The van der Waals surface area contributed by atoms with Gasteiger partial charge in [-0.2, -0.15) is 0 Å².